The van der Waals surface area contributed by atoms with Gasteiger partial charge in [0.05, 0.1) is 17.4 Å². The number of carboxylic acid groups (broad SMARTS) is 1. The number of hydrogen-bond acceptors (Lipinski definition) is 6. The lowest BCUT2D eigenvalue weighted by molar-refractivity contribution is 0.0697. The molecule has 0 unspecified atom stereocenters. The van der Waals surface area contributed by atoms with Crippen LogP contribution in [0.15, 0.2) is 30.7 Å². The summed E-state index contributed by atoms with van der Waals surface area (Å²) in [6, 6.07) is 5.40. The highest BCUT2D eigenvalue weighted by Gasteiger charge is 2.22. The molecule has 0 atom stereocenters. The van der Waals surface area contributed by atoms with Crippen molar-refractivity contribution < 1.29 is 9.90 Å². The minimum atomic E-state index is -1.03. The lowest BCUT2D eigenvalue weighted by Crippen LogP contribution is -2.11. The van der Waals surface area contributed by atoms with Crippen LogP contribution >= 0.6 is 0 Å². The molecule has 0 radical (unpaired) electrons. The number of fused-ring (bicyclic) bond motifs is 1. The van der Waals surface area contributed by atoms with Gasteiger partial charge in [0.15, 0.2) is 11.5 Å². The fourth-order valence-corrected chi connectivity index (χ4v) is 2.60. The van der Waals surface area contributed by atoms with Crippen LogP contribution in [0.2, 0.25) is 0 Å². The third-order valence-electron chi connectivity index (χ3n) is 4.15. The number of carboxylic acids is 1. The van der Waals surface area contributed by atoms with E-state index in [2.05, 4.69) is 20.4 Å². The maximum atomic E-state index is 11.4. The minimum absolute atomic E-state index is 0.126. The van der Waals surface area contributed by atoms with Crippen LogP contribution in [0.25, 0.3) is 16.9 Å². The molecule has 0 spiro atoms. The normalized spacial score (nSPS) is 13.6. The molecule has 124 valence electrons. The van der Waals surface area contributed by atoms with Crippen LogP contribution in [0.5, 0.6) is 0 Å². The van der Waals surface area contributed by atoms with Crippen LogP contribution in [0.4, 0.5) is 5.69 Å². The van der Waals surface area contributed by atoms with Gasteiger partial charge in [-0.15, -0.1) is 0 Å². The Kier molecular flexibility index (Phi) is 3.54. The summed E-state index contributed by atoms with van der Waals surface area (Å²) in [5.41, 5.74) is 1.65. The molecule has 2 N–H and O–H groups in total. The Balaban J connectivity index is 1.75. The Labute approximate surface area is 142 Å². The molecule has 8 heteroatoms. The predicted octanol–water partition coefficient (Wildman–Crippen LogP) is 2.21. The van der Waals surface area contributed by atoms with E-state index in [0.29, 0.717) is 28.6 Å². The van der Waals surface area contributed by atoms with Gasteiger partial charge in [-0.3, -0.25) is 0 Å². The Morgan fingerprint density at radius 2 is 2.16 bits per heavy atom. The summed E-state index contributed by atoms with van der Waals surface area (Å²) in [6.45, 7) is 0.743. The molecule has 0 saturated heterocycles. The molecule has 1 saturated carbocycles. The highest BCUT2D eigenvalue weighted by Crippen LogP contribution is 2.30. The van der Waals surface area contributed by atoms with Crippen molar-refractivity contribution >= 4 is 22.7 Å². The van der Waals surface area contributed by atoms with E-state index < -0.39 is 5.97 Å². The van der Waals surface area contributed by atoms with Crippen molar-refractivity contribution in [2.24, 2.45) is 5.92 Å². The maximum absolute atomic E-state index is 11.4. The summed E-state index contributed by atoms with van der Waals surface area (Å²) in [6.07, 6.45) is 6.74. The average Bonchev–Trinajstić information content (AvgIpc) is 3.36. The molecule has 3 aromatic rings. The van der Waals surface area contributed by atoms with Gasteiger partial charge in [0, 0.05) is 30.4 Å². The van der Waals surface area contributed by atoms with Gasteiger partial charge in [0.1, 0.15) is 11.6 Å². The van der Waals surface area contributed by atoms with Gasteiger partial charge in [0.2, 0.25) is 0 Å². The number of nitrogens with one attached hydrogen (secondary N) is 1. The Bertz CT molecular complexity index is 1020. The first-order valence-corrected chi connectivity index (χ1v) is 7.87. The van der Waals surface area contributed by atoms with Gasteiger partial charge in [-0.1, -0.05) is 0 Å². The quantitative estimate of drug-likeness (QED) is 0.734. The van der Waals surface area contributed by atoms with Crippen LogP contribution in [-0.2, 0) is 0 Å². The number of hydrogen-bond donors (Lipinski definition) is 2. The lowest BCUT2D eigenvalue weighted by atomic mass is 10.2. The molecular formula is C17H14N6O2. The van der Waals surface area contributed by atoms with Gasteiger partial charge < -0.3 is 10.4 Å². The molecule has 0 aliphatic heterocycles. The molecule has 4 rings (SSSR count). The molecule has 0 bridgehead atoms. The number of nitriles is 1. The van der Waals surface area contributed by atoms with E-state index in [9.17, 15) is 9.90 Å². The summed E-state index contributed by atoms with van der Waals surface area (Å²) < 4.78 is 1.53. The molecular weight excluding hydrogens is 320 g/mol. The molecule has 3 heterocycles. The second kappa shape index (κ2) is 5.87. The van der Waals surface area contributed by atoms with E-state index in [1.54, 1.807) is 18.3 Å². The van der Waals surface area contributed by atoms with Crippen molar-refractivity contribution in [3.8, 4) is 11.9 Å². The second-order valence-electron chi connectivity index (χ2n) is 6.02. The van der Waals surface area contributed by atoms with Crippen LogP contribution in [-0.4, -0.2) is 37.4 Å². The maximum Gasteiger partial charge on any atom is 0.339 e. The zero-order valence-electron chi connectivity index (χ0n) is 13.2. The number of aromatic carboxylic acids is 1. The zero-order valence-corrected chi connectivity index (χ0v) is 13.2. The van der Waals surface area contributed by atoms with E-state index in [1.807, 2.05) is 6.07 Å². The van der Waals surface area contributed by atoms with E-state index in [0.717, 1.165) is 11.9 Å². The molecule has 3 aromatic heterocycles. The smallest absolute Gasteiger partial charge is 0.339 e. The largest absolute Gasteiger partial charge is 0.478 e. The highest BCUT2D eigenvalue weighted by atomic mass is 16.4. The molecule has 1 aliphatic carbocycles. The van der Waals surface area contributed by atoms with E-state index >= 15 is 0 Å². The number of aromatic nitrogens is 4. The third kappa shape index (κ3) is 2.87. The standard InChI is InChI=1S/C17H14N6O2/c18-5-11-3-12-8-22-23(16(12)21-7-11)15-4-14(19-6-10-1-2-10)13(9-20-15)17(24)25/h3-4,7-10H,1-2,6H2,(H,19,20)(H,24,25). The number of carbonyl (C=O) groups is 1. The molecule has 0 amide bonds. The first-order valence-electron chi connectivity index (χ1n) is 7.87. The van der Waals surface area contributed by atoms with Gasteiger partial charge in [-0.25, -0.2) is 14.8 Å². The van der Waals surface area contributed by atoms with Crippen molar-refractivity contribution in [2.75, 3.05) is 11.9 Å². The highest BCUT2D eigenvalue weighted by molar-refractivity contribution is 5.94. The van der Waals surface area contributed by atoms with Crippen molar-refractivity contribution in [1.82, 2.24) is 19.7 Å². The van der Waals surface area contributed by atoms with Crippen LogP contribution < -0.4 is 5.32 Å². The zero-order chi connectivity index (χ0) is 17.4. The van der Waals surface area contributed by atoms with Crippen LogP contribution in [0, 0.1) is 17.2 Å². The molecule has 1 fully saturated rings. The van der Waals surface area contributed by atoms with Crippen molar-refractivity contribution in [2.45, 2.75) is 12.8 Å². The third-order valence-corrected chi connectivity index (χ3v) is 4.15. The average molecular weight is 334 g/mol. The van der Waals surface area contributed by atoms with Gasteiger partial charge >= 0.3 is 5.97 Å². The summed E-state index contributed by atoms with van der Waals surface area (Å²) in [5.74, 6) is 0.0461. The van der Waals surface area contributed by atoms with Crippen molar-refractivity contribution in [3.63, 3.8) is 0 Å². The molecule has 0 aromatic carbocycles. The monoisotopic (exact) mass is 334 g/mol. The minimum Gasteiger partial charge on any atom is -0.478 e. The van der Waals surface area contributed by atoms with E-state index in [4.69, 9.17) is 5.26 Å². The lowest BCUT2D eigenvalue weighted by Gasteiger charge is -2.11. The first-order chi connectivity index (χ1) is 12.2. The molecule has 1 aliphatic rings. The van der Waals surface area contributed by atoms with Crippen LogP contribution in [0.1, 0.15) is 28.8 Å². The van der Waals surface area contributed by atoms with Gasteiger partial charge in [-0.05, 0) is 24.8 Å². The predicted molar refractivity (Wildman–Crippen MR) is 89.5 cm³/mol. The first kappa shape index (κ1) is 15.1. The summed E-state index contributed by atoms with van der Waals surface area (Å²) in [7, 11) is 0. The summed E-state index contributed by atoms with van der Waals surface area (Å²) >= 11 is 0. The Morgan fingerprint density at radius 3 is 2.88 bits per heavy atom. The number of rotatable bonds is 5. The Morgan fingerprint density at radius 1 is 1.32 bits per heavy atom. The van der Waals surface area contributed by atoms with Gasteiger partial charge in [-0.2, -0.15) is 15.0 Å². The molecule has 8 nitrogen and oxygen atoms in total. The fraction of sp³-hybridized carbons (Fsp3) is 0.235. The van der Waals surface area contributed by atoms with Crippen molar-refractivity contribution in [1.29, 1.82) is 5.26 Å². The fourth-order valence-electron chi connectivity index (χ4n) is 2.60. The number of anilines is 1. The van der Waals surface area contributed by atoms with Crippen molar-refractivity contribution in [3.05, 3.63) is 41.9 Å². The summed E-state index contributed by atoms with van der Waals surface area (Å²) in [5, 5.41) is 26.5. The SMILES string of the molecule is N#Cc1cnc2c(cnn2-c2cc(NCC3CC3)c(C(=O)O)cn2)c1. The molecule has 25 heavy (non-hydrogen) atoms. The topological polar surface area (TPSA) is 117 Å². The van der Waals surface area contributed by atoms with E-state index in [-0.39, 0.29) is 5.56 Å². The van der Waals surface area contributed by atoms with E-state index in [1.165, 1.54) is 29.9 Å². The summed E-state index contributed by atoms with van der Waals surface area (Å²) in [4.78, 5) is 19.9. The second-order valence-corrected chi connectivity index (χ2v) is 6.02. The van der Waals surface area contributed by atoms with Gasteiger partial charge in [0.25, 0.3) is 0 Å². The Hall–Kier alpha value is -3.47. The van der Waals surface area contributed by atoms with Crippen LogP contribution in [0.3, 0.4) is 0 Å². The number of nitrogens with zero attached hydrogens (tertiary/aromatic N) is 5. The number of pyridine rings is 2.